The van der Waals surface area contributed by atoms with Crippen molar-refractivity contribution in [2.75, 3.05) is 0 Å². The zero-order valence-electron chi connectivity index (χ0n) is 2.55. The van der Waals surface area contributed by atoms with Crippen LogP contribution in [0.25, 0.3) is 0 Å². The summed E-state index contributed by atoms with van der Waals surface area (Å²) in [5.41, 5.74) is 0. The first-order chi connectivity index (χ1) is 2.00. The van der Waals surface area contributed by atoms with Gasteiger partial charge in [-0.2, -0.15) is 0 Å². The third kappa shape index (κ3) is 98.4. The molecule has 8 heavy (non-hydrogen) atoms. The second kappa shape index (κ2) is 8.99. The average molecular weight is 188 g/mol. The molecule has 0 aliphatic rings. The topological polar surface area (TPSA) is 77.8 Å². The molecule has 46 valence electrons. The molecule has 0 heterocycles. The van der Waals surface area contributed by atoms with Gasteiger partial charge in [-0.3, -0.25) is 0 Å². The normalized spacial score (nSPS) is 7.38. The molecule has 0 aromatic rings. The molecule has 0 spiro atoms. The molecule has 0 unspecified atom stereocenters. The van der Waals surface area contributed by atoms with Gasteiger partial charge in [0.1, 0.15) is 0 Å². The van der Waals surface area contributed by atoms with Crippen molar-refractivity contribution in [1.29, 1.82) is 0 Å². The Bertz CT molecular complexity index is 62.2. The van der Waals surface area contributed by atoms with E-state index in [1.165, 1.54) is 0 Å². The Balaban J connectivity index is -0.0000000267. The van der Waals surface area contributed by atoms with Gasteiger partial charge >= 0.3 is 49.7 Å². The van der Waals surface area contributed by atoms with Gasteiger partial charge in [0.15, 0.2) is 0 Å². The van der Waals surface area contributed by atoms with Crippen molar-refractivity contribution in [2.24, 2.45) is 0 Å². The molecular formula is H6FeLiMgO4P. The summed E-state index contributed by atoms with van der Waals surface area (Å²) >= 11 is 0. The van der Waals surface area contributed by atoms with E-state index in [4.69, 9.17) is 19.2 Å². The molecule has 0 aromatic carbocycles. The van der Waals surface area contributed by atoms with Crippen LogP contribution in [-0.2, 0) is 21.6 Å². The molecule has 0 saturated heterocycles. The first kappa shape index (κ1) is 22.5. The molecule has 0 aliphatic carbocycles. The minimum absolute atomic E-state index is 0. The van der Waals surface area contributed by atoms with E-state index >= 15 is 0 Å². The van der Waals surface area contributed by atoms with Gasteiger partial charge in [-0.1, -0.05) is 0 Å². The van der Waals surface area contributed by atoms with Crippen molar-refractivity contribution in [1.82, 2.24) is 0 Å². The molecule has 0 bridgehead atoms. The van der Waals surface area contributed by atoms with Crippen LogP contribution in [0.5, 0.6) is 0 Å². The van der Waals surface area contributed by atoms with Gasteiger partial charge in [0.25, 0.3) is 0 Å². The van der Waals surface area contributed by atoms with E-state index in [0.29, 0.717) is 0 Å². The quantitative estimate of drug-likeness (QED) is 0.290. The first-order valence-corrected chi connectivity index (χ1v) is 2.35. The molecule has 0 saturated carbocycles. The van der Waals surface area contributed by atoms with Crippen LogP contribution in [-0.4, -0.2) is 56.6 Å². The van der Waals surface area contributed by atoms with Crippen molar-refractivity contribution in [3.8, 4) is 0 Å². The van der Waals surface area contributed by atoms with Crippen molar-refractivity contribution in [3.63, 3.8) is 0 Å². The van der Waals surface area contributed by atoms with Crippen LogP contribution in [0.2, 0.25) is 0 Å². The molecule has 0 rings (SSSR count). The van der Waals surface area contributed by atoms with E-state index in [0.717, 1.165) is 0 Å². The third-order valence-corrected chi connectivity index (χ3v) is 0. The third-order valence-electron chi connectivity index (χ3n) is 0. The van der Waals surface area contributed by atoms with E-state index in [2.05, 4.69) is 0 Å². The fourth-order valence-corrected chi connectivity index (χ4v) is 0. The Morgan fingerprint density at radius 1 is 1.12 bits per heavy atom. The summed E-state index contributed by atoms with van der Waals surface area (Å²) in [5.74, 6) is 0. The predicted octanol–water partition coefficient (Wildman–Crippen LogP) is -2.50. The van der Waals surface area contributed by atoms with Crippen molar-refractivity contribution in [2.45, 2.75) is 0 Å². The standard InChI is InChI=1S/Fe.Li.Mg.H3O4P.3H/c;;;1-5(2,3)4;;;/h;;;(H3,1,2,3,4);;;. The number of hydrogen-bond donors (Lipinski definition) is 3. The van der Waals surface area contributed by atoms with Crippen molar-refractivity contribution >= 4 is 49.7 Å². The summed E-state index contributed by atoms with van der Waals surface area (Å²) in [4.78, 5) is 21.6. The Hall–Kier alpha value is 1.99. The van der Waals surface area contributed by atoms with E-state index in [1.807, 2.05) is 0 Å². The summed E-state index contributed by atoms with van der Waals surface area (Å²) in [6.45, 7) is 0. The summed E-state index contributed by atoms with van der Waals surface area (Å²) < 4.78 is 8.88. The molecule has 8 heteroatoms. The molecule has 0 aromatic heterocycles. The molecule has 0 amide bonds. The summed E-state index contributed by atoms with van der Waals surface area (Å²) in [6.07, 6.45) is 0. The van der Waals surface area contributed by atoms with Gasteiger partial charge < -0.3 is 14.7 Å². The van der Waals surface area contributed by atoms with Crippen LogP contribution >= 0.6 is 7.82 Å². The predicted molar refractivity (Wildman–Crippen MR) is 30.0 cm³/mol. The fraction of sp³-hybridized carbons (Fsp3) is 0. The summed E-state index contributed by atoms with van der Waals surface area (Å²) in [7, 11) is -4.64. The minimum Gasteiger partial charge on any atom is 0.316 e. The van der Waals surface area contributed by atoms with Crippen LogP contribution in [0.3, 0.4) is 0 Å². The largest absolute Gasteiger partial charge is 0.316 e. The number of rotatable bonds is 0. The summed E-state index contributed by atoms with van der Waals surface area (Å²) in [6, 6.07) is 0. The Morgan fingerprint density at radius 3 is 1.12 bits per heavy atom. The van der Waals surface area contributed by atoms with Crippen molar-refractivity contribution in [3.05, 3.63) is 0 Å². The molecule has 0 atom stereocenters. The van der Waals surface area contributed by atoms with E-state index in [9.17, 15) is 0 Å². The SMILES string of the molecule is O=P(O)(O)O.[Fe].[LiH].[MgH2]. The van der Waals surface area contributed by atoms with Gasteiger partial charge in [0, 0.05) is 17.1 Å². The molecular weight excluding hydrogens is 182 g/mol. The Labute approximate surface area is 85.5 Å². The molecule has 0 fully saturated rings. The van der Waals surface area contributed by atoms with Gasteiger partial charge in [-0.15, -0.1) is 0 Å². The van der Waals surface area contributed by atoms with E-state index in [1.54, 1.807) is 0 Å². The second-order valence-corrected chi connectivity index (χ2v) is 1.54. The Kier molecular flexibility index (Phi) is 25.3. The minimum atomic E-state index is -4.64. The van der Waals surface area contributed by atoms with Crippen molar-refractivity contribution < 1.29 is 36.3 Å². The molecule has 0 aliphatic heterocycles. The van der Waals surface area contributed by atoms with Crippen LogP contribution < -0.4 is 0 Å². The average Bonchev–Trinajstić information content (AvgIpc) is 0.722. The van der Waals surface area contributed by atoms with Crippen LogP contribution in [0.15, 0.2) is 0 Å². The maximum absolute atomic E-state index is 8.88. The zero-order chi connectivity index (χ0) is 4.50. The van der Waals surface area contributed by atoms with Gasteiger partial charge in [0.2, 0.25) is 0 Å². The first-order valence-electron chi connectivity index (χ1n) is 0.783. The molecule has 0 radical (unpaired) electrons. The monoisotopic (exact) mass is 188 g/mol. The maximum atomic E-state index is 8.88. The molecule has 4 nitrogen and oxygen atoms in total. The van der Waals surface area contributed by atoms with Gasteiger partial charge in [0.05, 0.1) is 0 Å². The summed E-state index contributed by atoms with van der Waals surface area (Å²) in [5, 5.41) is 0. The van der Waals surface area contributed by atoms with Crippen LogP contribution in [0, 0.1) is 0 Å². The second-order valence-electron chi connectivity index (χ2n) is 0.513. The maximum Gasteiger partial charge on any atom is 0.316 e. The van der Waals surface area contributed by atoms with Crippen LogP contribution in [0.1, 0.15) is 0 Å². The molecule has 3 N–H and O–H groups in total. The number of hydrogen-bond acceptors (Lipinski definition) is 1. The van der Waals surface area contributed by atoms with Gasteiger partial charge in [-0.25, -0.2) is 4.57 Å². The Morgan fingerprint density at radius 2 is 1.12 bits per heavy atom. The van der Waals surface area contributed by atoms with Crippen LogP contribution in [0.4, 0.5) is 0 Å². The smallest absolute Gasteiger partial charge is 0.316 e. The van der Waals surface area contributed by atoms with E-state index < -0.39 is 7.82 Å². The van der Waals surface area contributed by atoms with E-state index in [-0.39, 0.29) is 59.0 Å². The van der Waals surface area contributed by atoms with Gasteiger partial charge in [-0.05, 0) is 0 Å². The zero-order valence-corrected chi connectivity index (χ0v) is 4.55. The number of phosphoric acid groups is 1. The fourth-order valence-electron chi connectivity index (χ4n) is 0.